The number of hydrogen-bond acceptors (Lipinski definition) is 2. The standard InChI is InChI=1S/C12H25NO/c1-2-3-4-5-6-7-12-10-11(13)8-9-14-12/h11-12H,2-10,13H2,1H3. The van der Waals surface area contributed by atoms with Crippen molar-refractivity contribution < 1.29 is 4.74 Å². The number of ether oxygens (including phenoxy) is 1. The molecule has 14 heavy (non-hydrogen) atoms. The Labute approximate surface area is 88.2 Å². The van der Waals surface area contributed by atoms with Crippen LogP contribution in [0.3, 0.4) is 0 Å². The molecular weight excluding hydrogens is 174 g/mol. The molecule has 2 unspecified atom stereocenters. The van der Waals surface area contributed by atoms with Gasteiger partial charge in [-0.15, -0.1) is 0 Å². The maximum Gasteiger partial charge on any atom is 0.0589 e. The zero-order valence-electron chi connectivity index (χ0n) is 9.50. The van der Waals surface area contributed by atoms with Crippen molar-refractivity contribution in [2.24, 2.45) is 5.73 Å². The average Bonchev–Trinajstić information content (AvgIpc) is 2.18. The lowest BCUT2D eigenvalue weighted by Crippen LogP contribution is -2.34. The van der Waals surface area contributed by atoms with Gasteiger partial charge in [0.1, 0.15) is 0 Å². The van der Waals surface area contributed by atoms with E-state index in [2.05, 4.69) is 6.92 Å². The van der Waals surface area contributed by atoms with Gasteiger partial charge in [0.05, 0.1) is 6.10 Å². The molecule has 2 atom stereocenters. The van der Waals surface area contributed by atoms with Crippen LogP contribution in [0.15, 0.2) is 0 Å². The summed E-state index contributed by atoms with van der Waals surface area (Å²) in [5.74, 6) is 0. The predicted molar refractivity (Wildman–Crippen MR) is 60.3 cm³/mol. The second-order valence-electron chi connectivity index (χ2n) is 4.48. The van der Waals surface area contributed by atoms with E-state index in [1.54, 1.807) is 0 Å². The van der Waals surface area contributed by atoms with Gasteiger partial charge in [-0.3, -0.25) is 0 Å². The van der Waals surface area contributed by atoms with E-state index >= 15 is 0 Å². The molecule has 1 aliphatic heterocycles. The molecule has 0 aliphatic carbocycles. The monoisotopic (exact) mass is 199 g/mol. The van der Waals surface area contributed by atoms with Crippen molar-refractivity contribution in [3.05, 3.63) is 0 Å². The lowest BCUT2D eigenvalue weighted by atomic mass is 9.99. The van der Waals surface area contributed by atoms with Crippen LogP contribution in [0.2, 0.25) is 0 Å². The number of nitrogens with two attached hydrogens (primary N) is 1. The third-order valence-corrected chi connectivity index (χ3v) is 3.04. The molecule has 0 aromatic heterocycles. The minimum absolute atomic E-state index is 0.393. The number of rotatable bonds is 6. The third kappa shape index (κ3) is 4.97. The molecule has 2 N–H and O–H groups in total. The van der Waals surface area contributed by atoms with Gasteiger partial charge in [-0.05, 0) is 19.3 Å². The van der Waals surface area contributed by atoms with Gasteiger partial charge in [-0.2, -0.15) is 0 Å². The molecule has 0 aromatic carbocycles. The molecule has 2 nitrogen and oxygen atoms in total. The van der Waals surface area contributed by atoms with Gasteiger partial charge in [0.25, 0.3) is 0 Å². The zero-order valence-corrected chi connectivity index (χ0v) is 9.50. The summed E-state index contributed by atoms with van der Waals surface area (Å²) < 4.78 is 5.67. The Hall–Kier alpha value is -0.0800. The van der Waals surface area contributed by atoms with E-state index in [1.807, 2.05) is 0 Å². The molecule has 2 heteroatoms. The maximum atomic E-state index is 5.90. The average molecular weight is 199 g/mol. The number of hydrogen-bond donors (Lipinski definition) is 1. The highest BCUT2D eigenvalue weighted by Crippen LogP contribution is 2.18. The van der Waals surface area contributed by atoms with Crippen LogP contribution in [0.4, 0.5) is 0 Å². The zero-order chi connectivity index (χ0) is 10.2. The summed E-state index contributed by atoms with van der Waals surface area (Å²) in [4.78, 5) is 0. The van der Waals surface area contributed by atoms with Crippen molar-refractivity contribution in [1.82, 2.24) is 0 Å². The Morgan fingerprint density at radius 3 is 2.71 bits per heavy atom. The number of unbranched alkanes of at least 4 members (excludes halogenated alkanes) is 4. The first-order chi connectivity index (χ1) is 6.83. The Morgan fingerprint density at radius 1 is 1.21 bits per heavy atom. The van der Waals surface area contributed by atoms with E-state index < -0.39 is 0 Å². The second-order valence-corrected chi connectivity index (χ2v) is 4.48. The van der Waals surface area contributed by atoms with E-state index in [0.717, 1.165) is 19.4 Å². The summed E-state index contributed by atoms with van der Waals surface area (Å²) in [6.07, 6.45) is 10.6. The first-order valence-corrected chi connectivity index (χ1v) is 6.20. The van der Waals surface area contributed by atoms with Crippen LogP contribution in [0.25, 0.3) is 0 Å². The Balaban J connectivity index is 1.95. The van der Waals surface area contributed by atoms with Crippen molar-refractivity contribution in [2.75, 3.05) is 6.61 Å². The molecule has 84 valence electrons. The van der Waals surface area contributed by atoms with Crippen LogP contribution in [0.1, 0.15) is 58.3 Å². The predicted octanol–water partition coefficient (Wildman–Crippen LogP) is 2.85. The molecule has 1 fully saturated rings. The van der Waals surface area contributed by atoms with Crippen LogP contribution >= 0.6 is 0 Å². The van der Waals surface area contributed by atoms with Crippen molar-refractivity contribution in [2.45, 2.75) is 70.4 Å². The molecule has 0 bridgehead atoms. The van der Waals surface area contributed by atoms with Gasteiger partial charge in [0.15, 0.2) is 0 Å². The lowest BCUT2D eigenvalue weighted by molar-refractivity contribution is 0.00193. The fraction of sp³-hybridized carbons (Fsp3) is 1.00. The highest BCUT2D eigenvalue weighted by atomic mass is 16.5. The summed E-state index contributed by atoms with van der Waals surface area (Å²) in [6.45, 7) is 3.13. The van der Waals surface area contributed by atoms with Crippen LogP contribution in [0.5, 0.6) is 0 Å². The fourth-order valence-corrected chi connectivity index (χ4v) is 2.09. The molecule has 0 amide bonds. The maximum absolute atomic E-state index is 5.90. The van der Waals surface area contributed by atoms with Crippen LogP contribution < -0.4 is 5.73 Å². The Bertz CT molecular complexity index is 138. The van der Waals surface area contributed by atoms with Crippen molar-refractivity contribution in [3.8, 4) is 0 Å². The molecule has 1 saturated heterocycles. The molecule has 0 spiro atoms. The SMILES string of the molecule is CCCCCCCC1CC(N)CCO1. The first-order valence-electron chi connectivity index (χ1n) is 6.20. The molecule has 0 saturated carbocycles. The van der Waals surface area contributed by atoms with Crippen molar-refractivity contribution in [3.63, 3.8) is 0 Å². The van der Waals surface area contributed by atoms with E-state index in [0.29, 0.717) is 12.1 Å². The molecule has 1 heterocycles. The molecular formula is C12H25NO. The topological polar surface area (TPSA) is 35.2 Å². The summed E-state index contributed by atoms with van der Waals surface area (Å²) in [7, 11) is 0. The van der Waals surface area contributed by atoms with Gasteiger partial charge >= 0.3 is 0 Å². The normalized spacial score (nSPS) is 27.9. The second kappa shape index (κ2) is 7.24. The van der Waals surface area contributed by atoms with Crippen molar-refractivity contribution in [1.29, 1.82) is 0 Å². The largest absolute Gasteiger partial charge is 0.378 e. The van der Waals surface area contributed by atoms with Crippen LogP contribution in [-0.2, 0) is 4.74 Å². The highest BCUT2D eigenvalue weighted by Gasteiger charge is 2.18. The minimum atomic E-state index is 0.393. The third-order valence-electron chi connectivity index (χ3n) is 3.04. The van der Waals surface area contributed by atoms with Gasteiger partial charge in [-0.25, -0.2) is 0 Å². The summed E-state index contributed by atoms with van der Waals surface area (Å²) >= 11 is 0. The summed E-state index contributed by atoms with van der Waals surface area (Å²) in [6, 6.07) is 0.393. The minimum Gasteiger partial charge on any atom is -0.378 e. The quantitative estimate of drug-likeness (QED) is 0.668. The van der Waals surface area contributed by atoms with Crippen LogP contribution in [0, 0.1) is 0 Å². The smallest absolute Gasteiger partial charge is 0.0589 e. The summed E-state index contributed by atoms with van der Waals surface area (Å²) in [5.41, 5.74) is 5.90. The van der Waals surface area contributed by atoms with E-state index in [1.165, 1.54) is 38.5 Å². The molecule has 1 aliphatic rings. The van der Waals surface area contributed by atoms with Gasteiger partial charge in [0, 0.05) is 12.6 Å². The first kappa shape index (κ1) is 12.0. The van der Waals surface area contributed by atoms with E-state index in [-0.39, 0.29) is 0 Å². The summed E-state index contributed by atoms with van der Waals surface area (Å²) in [5, 5.41) is 0. The lowest BCUT2D eigenvalue weighted by Gasteiger charge is -2.27. The molecule has 0 radical (unpaired) electrons. The Morgan fingerprint density at radius 2 is 2.00 bits per heavy atom. The van der Waals surface area contributed by atoms with Gasteiger partial charge in [-0.1, -0.05) is 39.0 Å². The highest BCUT2D eigenvalue weighted by molar-refractivity contribution is 4.73. The fourth-order valence-electron chi connectivity index (χ4n) is 2.09. The Kier molecular flexibility index (Phi) is 6.20. The van der Waals surface area contributed by atoms with Gasteiger partial charge < -0.3 is 10.5 Å². The molecule has 1 rings (SSSR count). The van der Waals surface area contributed by atoms with Gasteiger partial charge in [0.2, 0.25) is 0 Å². The van der Waals surface area contributed by atoms with E-state index in [9.17, 15) is 0 Å². The van der Waals surface area contributed by atoms with E-state index in [4.69, 9.17) is 10.5 Å². The molecule has 0 aromatic rings. The van der Waals surface area contributed by atoms with Crippen LogP contribution in [-0.4, -0.2) is 18.8 Å². The van der Waals surface area contributed by atoms with Crippen molar-refractivity contribution >= 4 is 0 Å².